The van der Waals surface area contributed by atoms with Gasteiger partial charge in [0.1, 0.15) is 27.9 Å². The highest BCUT2D eigenvalue weighted by Crippen LogP contribution is 2.39. The summed E-state index contributed by atoms with van der Waals surface area (Å²) in [5, 5.41) is 11.1. The molecule has 5 nitrogen and oxygen atoms in total. The van der Waals surface area contributed by atoms with Gasteiger partial charge < -0.3 is 13.9 Å². The fourth-order valence-electron chi connectivity index (χ4n) is 2.79. The first-order chi connectivity index (χ1) is 11.8. The molecule has 1 N–H and O–H groups in total. The summed E-state index contributed by atoms with van der Waals surface area (Å²) in [4.78, 5) is 23.3. The van der Waals surface area contributed by atoms with Crippen LogP contribution in [0.4, 0.5) is 13.2 Å². The van der Waals surface area contributed by atoms with E-state index in [0.29, 0.717) is 16.4 Å². The zero-order chi connectivity index (χ0) is 17.9. The number of alkyl halides is 3. The van der Waals surface area contributed by atoms with Gasteiger partial charge in [-0.05, 0) is 18.2 Å². The number of halogens is 3. The van der Waals surface area contributed by atoms with Crippen LogP contribution in [0.5, 0.6) is 5.75 Å². The second kappa shape index (κ2) is 4.85. The van der Waals surface area contributed by atoms with Gasteiger partial charge in [-0.1, -0.05) is 18.2 Å². The molecule has 0 saturated carbocycles. The summed E-state index contributed by atoms with van der Waals surface area (Å²) in [7, 11) is 0. The van der Waals surface area contributed by atoms with Gasteiger partial charge in [-0.25, -0.2) is 4.79 Å². The Balaban J connectivity index is 2.19. The second-order valence-electron chi connectivity index (χ2n) is 5.35. The molecular formula is C17H7F3O5. The van der Waals surface area contributed by atoms with Crippen LogP contribution in [-0.4, -0.2) is 17.1 Å². The average Bonchev–Trinajstić information content (AvgIpc) is 2.91. The standard InChI is InChI=1S/C17H7F3O5/c18-17(19,20)15(22)12-13(21)11-10(25-16(12)23)6-5-8-7-3-1-2-4-9(7)24-14(8)11/h1-6,21H. The van der Waals surface area contributed by atoms with E-state index < -0.39 is 28.9 Å². The topological polar surface area (TPSA) is 80.7 Å². The molecule has 0 aliphatic rings. The van der Waals surface area contributed by atoms with Crippen molar-refractivity contribution in [2.75, 3.05) is 0 Å². The summed E-state index contributed by atoms with van der Waals surface area (Å²) in [5.41, 5.74) is -2.76. The number of fused-ring (bicyclic) bond motifs is 5. The van der Waals surface area contributed by atoms with E-state index in [1.165, 1.54) is 6.07 Å². The molecule has 8 heteroatoms. The molecule has 2 heterocycles. The van der Waals surface area contributed by atoms with E-state index in [4.69, 9.17) is 8.83 Å². The quantitative estimate of drug-likeness (QED) is 0.413. The summed E-state index contributed by atoms with van der Waals surface area (Å²) in [6.07, 6.45) is -5.33. The van der Waals surface area contributed by atoms with Crippen LogP contribution in [-0.2, 0) is 0 Å². The number of rotatable bonds is 1. The largest absolute Gasteiger partial charge is 0.506 e. The van der Waals surface area contributed by atoms with E-state index in [1.54, 1.807) is 30.3 Å². The number of para-hydroxylation sites is 1. The minimum Gasteiger partial charge on any atom is -0.506 e. The smallest absolute Gasteiger partial charge is 0.455 e. The van der Waals surface area contributed by atoms with E-state index in [1.807, 2.05) is 0 Å². The number of hydrogen-bond donors (Lipinski definition) is 1. The third-order valence-corrected chi connectivity index (χ3v) is 3.87. The highest BCUT2D eigenvalue weighted by molar-refractivity contribution is 6.17. The van der Waals surface area contributed by atoms with Crippen LogP contribution in [0, 0.1) is 0 Å². The summed E-state index contributed by atoms with van der Waals surface area (Å²) in [6.45, 7) is 0. The van der Waals surface area contributed by atoms with Crippen LogP contribution < -0.4 is 5.63 Å². The molecule has 0 spiro atoms. The Bertz CT molecular complexity index is 1230. The van der Waals surface area contributed by atoms with Crippen LogP contribution >= 0.6 is 0 Å². The maximum Gasteiger partial charge on any atom is 0.455 e. The predicted molar refractivity (Wildman–Crippen MR) is 81.8 cm³/mol. The highest BCUT2D eigenvalue weighted by Gasteiger charge is 2.43. The first kappa shape index (κ1) is 15.3. The Morgan fingerprint density at radius 1 is 0.960 bits per heavy atom. The normalized spacial score (nSPS) is 12.3. The van der Waals surface area contributed by atoms with Crippen molar-refractivity contribution in [2.45, 2.75) is 6.18 Å². The Labute approximate surface area is 135 Å². The highest BCUT2D eigenvalue weighted by atomic mass is 19.4. The Morgan fingerprint density at radius 2 is 1.68 bits per heavy atom. The van der Waals surface area contributed by atoms with Crippen molar-refractivity contribution in [3.8, 4) is 5.75 Å². The molecular weight excluding hydrogens is 341 g/mol. The molecule has 2 aromatic carbocycles. The molecule has 0 aliphatic carbocycles. The number of carbonyl (C=O) groups excluding carboxylic acids is 1. The molecule has 0 bridgehead atoms. The Morgan fingerprint density at radius 3 is 2.40 bits per heavy atom. The van der Waals surface area contributed by atoms with Crippen LogP contribution in [0.15, 0.2) is 50.0 Å². The lowest BCUT2D eigenvalue weighted by Crippen LogP contribution is -2.28. The zero-order valence-corrected chi connectivity index (χ0v) is 12.2. The maximum atomic E-state index is 12.7. The minimum atomic E-state index is -5.33. The number of furan rings is 1. The summed E-state index contributed by atoms with van der Waals surface area (Å²) in [6, 6.07) is 9.68. The van der Waals surface area contributed by atoms with Gasteiger partial charge in [0.2, 0.25) is 0 Å². The molecule has 0 atom stereocenters. The number of aromatic hydroxyl groups is 1. The second-order valence-corrected chi connectivity index (χ2v) is 5.35. The van der Waals surface area contributed by atoms with Gasteiger partial charge in [0, 0.05) is 10.8 Å². The zero-order valence-electron chi connectivity index (χ0n) is 12.2. The number of Topliss-reactive ketones (excluding diaryl/α,β-unsaturated/α-hetero) is 1. The lowest BCUT2D eigenvalue weighted by Gasteiger charge is -2.08. The Hall–Kier alpha value is -3.29. The molecule has 0 radical (unpaired) electrons. The molecule has 0 unspecified atom stereocenters. The molecule has 0 amide bonds. The van der Waals surface area contributed by atoms with Crippen LogP contribution in [0.3, 0.4) is 0 Å². The number of hydrogen-bond acceptors (Lipinski definition) is 5. The van der Waals surface area contributed by atoms with Crippen LogP contribution in [0.1, 0.15) is 10.4 Å². The fourth-order valence-corrected chi connectivity index (χ4v) is 2.79. The monoisotopic (exact) mass is 348 g/mol. The first-order valence-electron chi connectivity index (χ1n) is 7.00. The summed E-state index contributed by atoms with van der Waals surface area (Å²) >= 11 is 0. The third-order valence-electron chi connectivity index (χ3n) is 3.87. The minimum absolute atomic E-state index is 0.0242. The van der Waals surface area contributed by atoms with Crippen molar-refractivity contribution in [3.63, 3.8) is 0 Å². The molecule has 0 aliphatic heterocycles. The summed E-state index contributed by atoms with van der Waals surface area (Å²) in [5.74, 6) is -3.59. The van der Waals surface area contributed by atoms with Crippen molar-refractivity contribution in [1.82, 2.24) is 0 Å². The maximum absolute atomic E-state index is 12.7. The molecule has 4 aromatic rings. The van der Waals surface area contributed by atoms with Gasteiger partial charge in [-0.3, -0.25) is 4.79 Å². The fraction of sp³-hybridized carbons (Fsp3) is 0.0588. The van der Waals surface area contributed by atoms with Crippen molar-refractivity contribution in [3.05, 3.63) is 52.4 Å². The SMILES string of the molecule is O=C(c1c(O)c2c(ccc3c4ccccc4oc32)oc1=O)C(F)(F)F. The third kappa shape index (κ3) is 2.10. The van der Waals surface area contributed by atoms with Gasteiger partial charge in [0.05, 0.1) is 0 Å². The predicted octanol–water partition coefficient (Wildman–Crippen LogP) is 4.14. The molecule has 126 valence electrons. The van der Waals surface area contributed by atoms with Crippen LogP contribution in [0.25, 0.3) is 32.9 Å². The summed E-state index contributed by atoms with van der Waals surface area (Å²) < 4.78 is 48.5. The van der Waals surface area contributed by atoms with Gasteiger partial charge in [-0.15, -0.1) is 0 Å². The van der Waals surface area contributed by atoms with Crippen molar-refractivity contribution in [2.24, 2.45) is 0 Å². The number of ketones is 1. The molecule has 0 saturated heterocycles. The van der Waals surface area contributed by atoms with E-state index in [2.05, 4.69) is 0 Å². The molecule has 25 heavy (non-hydrogen) atoms. The van der Waals surface area contributed by atoms with E-state index in [-0.39, 0.29) is 16.6 Å². The first-order valence-corrected chi connectivity index (χ1v) is 7.00. The lowest BCUT2D eigenvalue weighted by atomic mass is 10.1. The lowest BCUT2D eigenvalue weighted by molar-refractivity contribution is -0.0888. The van der Waals surface area contributed by atoms with Gasteiger partial charge in [-0.2, -0.15) is 13.2 Å². The Kier molecular flexibility index (Phi) is 2.96. The van der Waals surface area contributed by atoms with E-state index in [9.17, 15) is 27.9 Å². The van der Waals surface area contributed by atoms with Crippen LogP contribution in [0.2, 0.25) is 0 Å². The van der Waals surface area contributed by atoms with Crippen molar-refractivity contribution < 1.29 is 31.9 Å². The van der Waals surface area contributed by atoms with Crippen molar-refractivity contribution >= 4 is 38.7 Å². The van der Waals surface area contributed by atoms with Crippen molar-refractivity contribution in [1.29, 1.82) is 0 Å². The van der Waals surface area contributed by atoms with E-state index >= 15 is 0 Å². The molecule has 0 fully saturated rings. The van der Waals surface area contributed by atoms with Gasteiger partial charge in [0.15, 0.2) is 5.56 Å². The van der Waals surface area contributed by atoms with Gasteiger partial charge >= 0.3 is 11.8 Å². The molecule has 2 aromatic heterocycles. The number of benzene rings is 2. The van der Waals surface area contributed by atoms with E-state index in [0.717, 1.165) is 0 Å². The number of carbonyl (C=O) groups is 1. The average molecular weight is 348 g/mol. The molecule has 4 rings (SSSR count). The van der Waals surface area contributed by atoms with Gasteiger partial charge in [0.25, 0.3) is 5.78 Å².